The Bertz CT molecular complexity index is 370. The molecule has 0 spiro atoms. The highest BCUT2D eigenvalue weighted by molar-refractivity contribution is 5.86. The highest BCUT2D eigenvalue weighted by Crippen LogP contribution is 2.61. The van der Waals surface area contributed by atoms with Gasteiger partial charge in [0.05, 0.1) is 6.61 Å². The van der Waals surface area contributed by atoms with Crippen molar-refractivity contribution in [3.05, 3.63) is 12.2 Å². The molecular weight excluding hydrogens is 252 g/mol. The third-order valence-electron chi connectivity index (χ3n) is 5.44. The number of hydrogen-bond acceptors (Lipinski definition) is 3. The van der Waals surface area contributed by atoms with Crippen LogP contribution in [0, 0.1) is 23.2 Å². The summed E-state index contributed by atoms with van der Waals surface area (Å²) >= 11 is 0. The van der Waals surface area contributed by atoms with E-state index < -0.39 is 0 Å². The summed E-state index contributed by atoms with van der Waals surface area (Å²) in [6.45, 7) is 11.6. The molecular formula is C17H28O3. The second kappa shape index (κ2) is 6.30. The summed E-state index contributed by atoms with van der Waals surface area (Å²) in [5.74, 6) is 2.36. The van der Waals surface area contributed by atoms with Crippen LogP contribution in [0.5, 0.6) is 0 Å². The third-order valence-corrected chi connectivity index (χ3v) is 5.44. The molecule has 0 amide bonds. The maximum absolute atomic E-state index is 11.2. The van der Waals surface area contributed by atoms with E-state index in [0.717, 1.165) is 30.8 Å². The van der Waals surface area contributed by atoms with Crippen LogP contribution in [0.1, 0.15) is 46.5 Å². The predicted molar refractivity (Wildman–Crippen MR) is 79.3 cm³/mol. The molecule has 3 aliphatic rings. The van der Waals surface area contributed by atoms with Crippen molar-refractivity contribution in [2.45, 2.75) is 46.5 Å². The average molecular weight is 280 g/mol. The van der Waals surface area contributed by atoms with Gasteiger partial charge in [0.15, 0.2) is 0 Å². The van der Waals surface area contributed by atoms with Gasteiger partial charge in [-0.25, -0.2) is 4.79 Å². The van der Waals surface area contributed by atoms with E-state index in [1.54, 1.807) is 6.92 Å². The number of rotatable bonds is 7. The van der Waals surface area contributed by atoms with Gasteiger partial charge in [-0.05, 0) is 55.8 Å². The van der Waals surface area contributed by atoms with E-state index in [1.165, 1.54) is 19.3 Å². The van der Waals surface area contributed by atoms with Crippen molar-refractivity contribution in [2.24, 2.45) is 23.2 Å². The monoisotopic (exact) mass is 280 g/mol. The van der Waals surface area contributed by atoms with Crippen molar-refractivity contribution >= 4 is 5.97 Å². The van der Waals surface area contributed by atoms with Gasteiger partial charge in [0.1, 0.15) is 6.61 Å². The second-order valence-corrected chi connectivity index (χ2v) is 7.02. The molecule has 3 saturated carbocycles. The van der Waals surface area contributed by atoms with E-state index >= 15 is 0 Å². The molecule has 0 radical (unpaired) electrons. The summed E-state index contributed by atoms with van der Waals surface area (Å²) in [7, 11) is 0. The minimum Gasteiger partial charge on any atom is -0.460 e. The van der Waals surface area contributed by atoms with Gasteiger partial charge in [-0.1, -0.05) is 20.4 Å². The lowest BCUT2D eigenvalue weighted by Crippen LogP contribution is -2.52. The minimum absolute atomic E-state index is 0.327. The normalized spacial score (nSPS) is 30.4. The van der Waals surface area contributed by atoms with Crippen molar-refractivity contribution in [2.75, 3.05) is 19.8 Å². The Labute approximate surface area is 122 Å². The first kappa shape index (κ1) is 15.6. The van der Waals surface area contributed by atoms with Crippen molar-refractivity contribution in [1.82, 2.24) is 0 Å². The lowest BCUT2D eigenvalue weighted by molar-refractivity contribution is -0.140. The van der Waals surface area contributed by atoms with Crippen LogP contribution in [-0.4, -0.2) is 25.8 Å². The number of fused-ring (bicyclic) bond motifs is 2. The molecule has 114 valence electrons. The fourth-order valence-corrected chi connectivity index (χ4v) is 3.96. The Morgan fingerprint density at radius 2 is 2.00 bits per heavy atom. The maximum Gasteiger partial charge on any atom is 0.333 e. The van der Waals surface area contributed by atoms with E-state index in [2.05, 4.69) is 20.4 Å². The Balaban J connectivity index is 1.56. The largest absolute Gasteiger partial charge is 0.460 e. The molecule has 2 bridgehead atoms. The first-order valence-electron chi connectivity index (χ1n) is 7.83. The topological polar surface area (TPSA) is 35.5 Å². The van der Waals surface area contributed by atoms with Gasteiger partial charge in [0.2, 0.25) is 0 Å². The van der Waals surface area contributed by atoms with Gasteiger partial charge in [0, 0.05) is 12.2 Å². The van der Waals surface area contributed by atoms with E-state index in [0.29, 0.717) is 24.2 Å². The lowest BCUT2D eigenvalue weighted by Gasteiger charge is -2.60. The van der Waals surface area contributed by atoms with Gasteiger partial charge in [-0.15, -0.1) is 0 Å². The van der Waals surface area contributed by atoms with Crippen LogP contribution in [0.25, 0.3) is 0 Å². The van der Waals surface area contributed by atoms with E-state index in [4.69, 9.17) is 9.47 Å². The molecule has 3 nitrogen and oxygen atoms in total. The maximum atomic E-state index is 11.2. The Hall–Kier alpha value is -0.830. The summed E-state index contributed by atoms with van der Waals surface area (Å²) in [4.78, 5) is 11.2. The molecule has 20 heavy (non-hydrogen) atoms. The zero-order valence-electron chi connectivity index (χ0n) is 13.1. The summed E-state index contributed by atoms with van der Waals surface area (Å²) in [5.41, 5.74) is 0.994. The molecule has 0 N–H and O–H groups in total. The molecule has 0 aliphatic heterocycles. The first-order valence-corrected chi connectivity index (χ1v) is 7.83. The quantitative estimate of drug-likeness (QED) is 0.406. The van der Waals surface area contributed by atoms with Crippen molar-refractivity contribution in [1.29, 1.82) is 0 Å². The van der Waals surface area contributed by atoms with Crippen LogP contribution in [0.3, 0.4) is 0 Å². The smallest absolute Gasteiger partial charge is 0.333 e. The molecule has 3 rings (SSSR count). The molecule has 3 heteroatoms. The third kappa shape index (κ3) is 3.25. The molecule has 0 aromatic rings. The molecule has 0 aromatic heterocycles. The van der Waals surface area contributed by atoms with Crippen molar-refractivity contribution in [3.63, 3.8) is 0 Å². The number of carbonyl (C=O) groups is 1. The molecule has 3 fully saturated rings. The second-order valence-electron chi connectivity index (χ2n) is 7.02. The average Bonchev–Trinajstić information content (AvgIpc) is 2.42. The van der Waals surface area contributed by atoms with Gasteiger partial charge in [-0.3, -0.25) is 0 Å². The minimum atomic E-state index is -0.330. The Morgan fingerprint density at radius 3 is 2.60 bits per heavy atom. The van der Waals surface area contributed by atoms with Gasteiger partial charge in [0.25, 0.3) is 0 Å². The number of esters is 1. The molecule has 3 atom stereocenters. The van der Waals surface area contributed by atoms with Crippen LogP contribution in [-0.2, 0) is 14.3 Å². The summed E-state index contributed by atoms with van der Waals surface area (Å²) in [5, 5.41) is 0. The van der Waals surface area contributed by atoms with Crippen LogP contribution in [0.2, 0.25) is 0 Å². The fraction of sp³-hybridized carbons (Fsp3) is 0.824. The number of carbonyl (C=O) groups excluding carboxylic acids is 1. The van der Waals surface area contributed by atoms with Gasteiger partial charge >= 0.3 is 5.97 Å². The molecule has 3 aliphatic carbocycles. The highest BCUT2D eigenvalue weighted by Gasteiger charge is 2.53. The molecule has 0 aromatic carbocycles. The summed E-state index contributed by atoms with van der Waals surface area (Å²) in [6, 6.07) is 0. The summed E-state index contributed by atoms with van der Waals surface area (Å²) < 4.78 is 10.6. The molecule has 3 unspecified atom stereocenters. The summed E-state index contributed by atoms with van der Waals surface area (Å²) in [6.07, 6.45) is 5.33. The van der Waals surface area contributed by atoms with Crippen molar-refractivity contribution in [3.8, 4) is 0 Å². The van der Waals surface area contributed by atoms with E-state index in [1.807, 2.05) is 0 Å². The molecule has 0 saturated heterocycles. The zero-order chi connectivity index (χ0) is 14.8. The Kier molecular flexibility index (Phi) is 4.90. The number of hydrogen-bond donors (Lipinski definition) is 0. The highest BCUT2D eigenvalue weighted by atomic mass is 16.6. The standard InChI is InChI=1S/C17H28O3/c1-12(2)16(18)20-10-9-19-8-7-13-5-6-14-11-15(13)17(14,3)4/h13-15H,1,5-11H2,2-4H3. The predicted octanol–water partition coefficient (Wildman–Crippen LogP) is 3.58. The van der Waals surface area contributed by atoms with Crippen LogP contribution < -0.4 is 0 Å². The Morgan fingerprint density at radius 1 is 1.25 bits per heavy atom. The fourth-order valence-electron chi connectivity index (χ4n) is 3.96. The van der Waals surface area contributed by atoms with Crippen LogP contribution in [0.4, 0.5) is 0 Å². The van der Waals surface area contributed by atoms with E-state index in [9.17, 15) is 4.79 Å². The zero-order valence-corrected chi connectivity index (χ0v) is 13.1. The lowest BCUT2D eigenvalue weighted by atomic mass is 9.45. The first-order chi connectivity index (χ1) is 9.43. The van der Waals surface area contributed by atoms with Gasteiger partial charge < -0.3 is 9.47 Å². The van der Waals surface area contributed by atoms with Gasteiger partial charge in [-0.2, -0.15) is 0 Å². The van der Waals surface area contributed by atoms with E-state index in [-0.39, 0.29) is 5.97 Å². The number of ether oxygens (including phenoxy) is 2. The van der Waals surface area contributed by atoms with Crippen LogP contribution >= 0.6 is 0 Å². The van der Waals surface area contributed by atoms with Crippen molar-refractivity contribution < 1.29 is 14.3 Å². The molecule has 0 heterocycles. The van der Waals surface area contributed by atoms with Crippen LogP contribution in [0.15, 0.2) is 12.2 Å². The SMILES string of the molecule is C=C(C)C(=O)OCCOCCC1CCC2CC1C2(C)C.